The van der Waals surface area contributed by atoms with E-state index in [2.05, 4.69) is 0 Å². The Hall–Kier alpha value is -1.54. The third-order valence-electron chi connectivity index (χ3n) is 4.10. The third-order valence-corrected chi connectivity index (χ3v) is 4.10. The maximum atomic E-state index is 10.6. The minimum atomic E-state index is -0.363. The second-order valence-corrected chi connectivity index (χ2v) is 5.69. The highest BCUT2D eigenvalue weighted by Gasteiger charge is 2.22. The van der Waals surface area contributed by atoms with Crippen molar-refractivity contribution < 1.29 is 24.6 Å². The van der Waals surface area contributed by atoms with Gasteiger partial charge < -0.3 is 19.6 Å². The van der Waals surface area contributed by atoms with Crippen molar-refractivity contribution in [2.45, 2.75) is 6.54 Å². The van der Waals surface area contributed by atoms with Gasteiger partial charge in [-0.3, -0.25) is 10.1 Å². The van der Waals surface area contributed by atoms with Gasteiger partial charge in [0.05, 0.1) is 24.7 Å². The smallest absolute Gasteiger partial charge is 0.269 e. The molecule has 3 N–H and O–H groups in total. The van der Waals surface area contributed by atoms with Crippen LogP contribution in [0.5, 0.6) is 0 Å². The van der Waals surface area contributed by atoms with Gasteiger partial charge in [0.25, 0.3) is 5.69 Å². The maximum Gasteiger partial charge on any atom is 0.269 e. The molecule has 7 heteroatoms. The largest absolute Gasteiger partial charge is 0.394 e. The molecule has 1 heterocycles. The number of aliphatic hydroxyl groups excluding tert-OH is 1. The second-order valence-electron chi connectivity index (χ2n) is 5.69. The molecule has 2 rings (SSSR count). The number of aliphatic hydroxyl groups is 1. The average Bonchev–Trinajstić information content (AvgIpc) is 2.54. The van der Waals surface area contributed by atoms with E-state index in [1.165, 1.54) is 4.90 Å². The van der Waals surface area contributed by atoms with Gasteiger partial charge in [0.2, 0.25) is 0 Å². The van der Waals surface area contributed by atoms with E-state index in [9.17, 15) is 10.1 Å². The summed E-state index contributed by atoms with van der Waals surface area (Å²) in [5, 5.41) is 19.3. The Morgan fingerprint density at radius 3 is 2.32 bits per heavy atom. The number of nitrogens with one attached hydrogen (secondary N) is 2. The second kappa shape index (κ2) is 8.79. The van der Waals surface area contributed by atoms with Crippen LogP contribution < -0.4 is 9.80 Å². The zero-order valence-corrected chi connectivity index (χ0v) is 12.8. The molecule has 7 nitrogen and oxygen atoms in total. The first-order chi connectivity index (χ1) is 10.7. The van der Waals surface area contributed by atoms with Crippen LogP contribution in [0, 0.1) is 10.1 Å². The van der Waals surface area contributed by atoms with Crippen molar-refractivity contribution in [1.29, 1.82) is 0 Å². The van der Waals surface area contributed by atoms with Crippen molar-refractivity contribution in [2.75, 3.05) is 52.5 Å². The fourth-order valence-electron chi connectivity index (χ4n) is 2.79. The van der Waals surface area contributed by atoms with Crippen LogP contribution >= 0.6 is 0 Å². The molecule has 0 aliphatic carbocycles. The highest BCUT2D eigenvalue weighted by atomic mass is 16.6. The highest BCUT2D eigenvalue weighted by Crippen LogP contribution is 2.10. The van der Waals surface area contributed by atoms with Crippen molar-refractivity contribution >= 4 is 5.69 Å². The van der Waals surface area contributed by atoms with Crippen LogP contribution in [0.1, 0.15) is 5.56 Å². The molecule has 1 aromatic carbocycles. The van der Waals surface area contributed by atoms with Crippen LogP contribution in [-0.4, -0.2) is 62.6 Å². The minimum absolute atomic E-state index is 0.0858. The molecule has 0 aromatic heterocycles. The topological polar surface area (TPSA) is 81.5 Å². The lowest BCUT2D eigenvalue weighted by molar-refractivity contribution is -1.02. The molecular weight excluding hydrogens is 286 g/mol. The number of ether oxygens (including phenoxy) is 1. The van der Waals surface area contributed by atoms with Gasteiger partial charge in [-0.1, -0.05) is 0 Å². The molecule has 0 unspecified atom stereocenters. The van der Waals surface area contributed by atoms with Crippen LogP contribution in [-0.2, 0) is 11.3 Å². The standard InChI is InChI=1S/C15H23N3O4/c19-10-12-22-11-9-16-5-7-17(8-6-16)13-14-1-3-15(4-2-14)18(20)21/h1-4,19H,5-13H2/p+2. The number of hydrogen-bond acceptors (Lipinski definition) is 4. The summed E-state index contributed by atoms with van der Waals surface area (Å²) < 4.78 is 5.31. The first kappa shape index (κ1) is 16.8. The number of nitrogens with zero attached hydrogens (tertiary/aromatic N) is 1. The summed E-state index contributed by atoms with van der Waals surface area (Å²) in [5.41, 5.74) is 1.30. The molecule has 1 fully saturated rings. The zero-order chi connectivity index (χ0) is 15.8. The number of nitro benzene ring substituents is 1. The number of piperazine rings is 1. The van der Waals surface area contributed by atoms with Crippen LogP contribution in [0.25, 0.3) is 0 Å². The lowest BCUT2D eigenvalue weighted by Gasteiger charge is -2.29. The quantitative estimate of drug-likeness (QED) is 0.291. The summed E-state index contributed by atoms with van der Waals surface area (Å²) in [4.78, 5) is 13.3. The maximum absolute atomic E-state index is 10.6. The molecule has 1 aromatic rings. The van der Waals surface area contributed by atoms with E-state index in [0.29, 0.717) is 13.2 Å². The number of nitro groups is 1. The number of benzene rings is 1. The summed E-state index contributed by atoms with van der Waals surface area (Å²) in [6.07, 6.45) is 0. The Balaban J connectivity index is 1.69. The third kappa shape index (κ3) is 5.34. The normalized spacial score (nSPS) is 21.7. The van der Waals surface area contributed by atoms with E-state index in [1.54, 1.807) is 17.0 Å². The van der Waals surface area contributed by atoms with Gasteiger partial charge in [0.15, 0.2) is 0 Å². The molecule has 1 aliphatic rings. The Labute approximate surface area is 130 Å². The van der Waals surface area contributed by atoms with Crippen molar-refractivity contribution in [3.63, 3.8) is 0 Å². The average molecular weight is 311 g/mol. The molecule has 0 amide bonds. The first-order valence-corrected chi connectivity index (χ1v) is 7.78. The van der Waals surface area contributed by atoms with Gasteiger partial charge in [0, 0.05) is 17.7 Å². The molecular formula is C15H25N3O4+2. The summed E-state index contributed by atoms with van der Waals surface area (Å²) >= 11 is 0. The van der Waals surface area contributed by atoms with E-state index in [0.717, 1.165) is 44.8 Å². The highest BCUT2D eigenvalue weighted by molar-refractivity contribution is 5.32. The SMILES string of the molecule is O=[N+]([O-])c1ccc(C[NH+]2CC[NH+](CCOCCO)CC2)cc1. The van der Waals surface area contributed by atoms with E-state index in [-0.39, 0.29) is 17.2 Å². The van der Waals surface area contributed by atoms with Crippen LogP contribution in [0.4, 0.5) is 5.69 Å². The number of rotatable bonds is 8. The van der Waals surface area contributed by atoms with E-state index >= 15 is 0 Å². The minimum Gasteiger partial charge on any atom is -0.394 e. The van der Waals surface area contributed by atoms with Gasteiger partial charge in [0.1, 0.15) is 39.3 Å². The molecule has 22 heavy (non-hydrogen) atoms. The summed E-state index contributed by atoms with van der Waals surface area (Å²) in [6.45, 7) is 7.56. The van der Waals surface area contributed by atoms with Gasteiger partial charge in [-0.15, -0.1) is 0 Å². The zero-order valence-electron chi connectivity index (χ0n) is 12.8. The Morgan fingerprint density at radius 1 is 1.09 bits per heavy atom. The fourth-order valence-corrected chi connectivity index (χ4v) is 2.79. The number of hydrogen-bond donors (Lipinski definition) is 3. The van der Waals surface area contributed by atoms with Crippen LogP contribution in [0.3, 0.4) is 0 Å². The summed E-state index contributed by atoms with van der Waals surface area (Å²) in [5.74, 6) is 0. The van der Waals surface area contributed by atoms with E-state index in [1.807, 2.05) is 12.1 Å². The molecule has 0 atom stereocenters. The number of quaternary nitrogens is 2. The van der Waals surface area contributed by atoms with Gasteiger partial charge >= 0.3 is 0 Å². The van der Waals surface area contributed by atoms with Crippen molar-refractivity contribution in [1.82, 2.24) is 0 Å². The molecule has 1 saturated heterocycles. The van der Waals surface area contributed by atoms with E-state index in [4.69, 9.17) is 9.84 Å². The summed E-state index contributed by atoms with van der Waals surface area (Å²) in [7, 11) is 0. The van der Waals surface area contributed by atoms with Crippen LogP contribution in [0.15, 0.2) is 24.3 Å². The molecule has 0 saturated carbocycles. The lowest BCUT2D eigenvalue weighted by atomic mass is 10.2. The Bertz CT molecular complexity index is 458. The summed E-state index contributed by atoms with van der Waals surface area (Å²) in [6, 6.07) is 6.86. The lowest BCUT2D eigenvalue weighted by Crippen LogP contribution is -3.27. The van der Waals surface area contributed by atoms with Gasteiger partial charge in [-0.2, -0.15) is 0 Å². The predicted octanol–water partition coefficient (Wildman–Crippen LogP) is -2.11. The molecule has 1 aliphatic heterocycles. The van der Waals surface area contributed by atoms with E-state index < -0.39 is 0 Å². The molecule has 0 radical (unpaired) electrons. The van der Waals surface area contributed by atoms with Crippen LogP contribution in [0.2, 0.25) is 0 Å². The van der Waals surface area contributed by atoms with Gasteiger partial charge in [-0.25, -0.2) is 0 Å². The number of non-ortho nitro benzene ring substituents is 1. The Morgan fingerprint density at radius 2 is 1.73 bits per heavy atom. The van der Waals surface area contributed by atoms with Crippen molar-refractivity contribution in [3.8, 4) is 0 Å². The molecule has 0 bridgehead atoms. The monoisotopic (exact) mass is 311 g/mol. The molecule has 122 valence electrons. The van der Waals surface area contributed by atoms with Crippen molar-refractivity contribution in [3.05, 3.63) is 39.9 Å². The Kier molecular flexibility index (Phi) is 6.73. The first-order valence-electron chi connectivity index (χ1n) is 7.78. The predicted molar refractivity (Wildman–Crippen MR) is 81.0 cm³/mol. The van der Waals surface area contributed by atoms with Crippen molar-refractivity contribution in [2.24, 2.45) is 0 Å². The molecule has 0 spiro atoms. The van der Waals surface area contributed by atoms with Gasteiger partial charge in [-0.05, 0) is 12.1 Å². The fraction of sp³-hybridized carbons (Fsp3) is 0.600.